The van der Waals surface area contributed by atoms with Crippen LogP contribution >= 0.6 is 24.0 Å². The molecule has 2 aliphatic rings. The van der Waals surface area contributed by atoms with E-state index in [9.17, 15) is 14.7 Å². The molecule has 0 aromatic heterocycles. The molecular formula is C37H36N2O7S2. The van der Waals surface area contributed by atoms with E-state index in [1.54, 1.807) is 11.0 Å². The van der Waals surface area contributed by atoms with E-state index in [0.29, 0.717) is 46.0 Å². The number of amides is 1. The molecule has 2 saturated heterocycles. The van der Waals surface area contributed by atoms with Gasteiger partial charge in [0, 0.05) is 31.7 Å². The second-order valence-corrected chi connectivity index (χ2v) is 13.0. The molecule has 6 rings (SSSR count). The third kappa shape index (κ3) is 7.99. The second kappa shape index (κ2) is 15.7. The number of fused-ring (bicyclic) bond motifs is 1. The number of morpholine rings is 1. The topological polar surface area (TPSA) is 97.8 Å². The molecule has 1 amide bonds. The molecule has 0 saturated carbocycles. The van der Waals surface area contributed by atoms with Crippen molar-refractivity contribution in [3.8, 4) is 28.4 Å². The zero-order valence-electron chi connectivity index (χ0n) is 26.6. The van der Waals surface area contributed by atoms with Gasteiger partial charge in [0.25, 0.3) is 5.91 Å². The van der Waals surface area contributed by atoms with Gasteiger partial charge in [-0.1, -0.05) is 66.4 Å². The number of carboxylic acid groups (broad SMARTS) is 1. The molecule has 0 radical (unpaired) electrons. The van der Waals surface area contributed by atoms with Crippen molar-refractivity contribution in [3.05, 3.63) is 94.9 Å². The Balaban J connectivity index is 1.17. The highest BCUT2D eigenvalue weighted by molar-refractivity contribution is 8.26. The maximum absolute atomic E-state index is 13.6. The van der Waals surface area contributed by atoms with E-state index in [1.807, 2.05) is 24.3 Å². The minimum atomic E-state index is -1.05. The van der Waals surface area contributed by atoms with Crippen LogP contribution in [0, 0.1) is 0 Å². The molecule has 2 heterocycles. The number of ether oxygens (including phenoxy) is 4. The van der Waals surface area contributed by atoms with Crippen molar-refractivity contribution in [1.29, 1.82) is 0 Å². The predicted molar refractivity (Wildman–Crippen MR) is 192 cm³/mol. The lowest BCUT2D eigenvalue weighted by atomic mass is 9.99. The van der Waals surface area contributed by atoms with E-state index in [1.165, 1.54) is 36.4 Å². The highest BCUT2D eigenvalue weighted by atomic mass is 32.2. The lowest BCUT2D eigenvalue weighted by molar-refractivity contribution is -0.122. The number of hydrogen-bond donors (Lipinski definition) is 1. The van der Waals surface area contributed by atoms with Gasteiger partial charge in [-0.25, -0.2) is 4.79 Å². The smallest absolute Gasteiger partial charge is 0.335 e. The van der Waals surface area contributed by atoms with E-state index in [-0.39, 0.29) is 18.1 Å². The fourth-order valence-corrected chi connectivity index (χ4v) is 6.91. The summed E-state index contributed by atoms with van der Waals surface area (Å²) in [6, 6.07) is 25.2. The first-order chi connectivity index (χ1) is 23.4. The number of thioether (sulfide) groups is 1. The number of aromatic carboxylic acids is 1. The molecular weight excluding hydrogens is 649 g/mol. The maximum atomic E-state index is 13.6. The van der Waals surface area contributed by atoms with Gasteiger partial charge in [-0.15, -0.1) is 0 Å². The summed E-state index contributed by atoms with van der Waals surface area (Å²) in [5.41, 5.74) is 3.01. The van der Waals surface area contributed by atoms with Crippen LogP contribution in [-0.2, 0) is 9.53 Å². The summed E-state index contributed by atoms with van der Waals surface area (Å²) in [4.78, 5) is 29.3. The summed E-state index contributed by atoms with van der Waals surface area (Å²) in [6.07, 6.45) is 2.39. The molecule has 0 bridgehead atoms. The Labute approximate surface area is 289 Å². The summed E-state index contributed by atoms with van der Waals surface area (Å²) in [7, 11) is 1.46. The van der Waals surface area contributed by atoms with Crippen molar-refractivity contribution >= 4 is 57.0 Å². The Morgan fingerprint density at radius 2 is 1.62 bits per heavy atom. The van der Waals surface area contributed by atoms with Crippen molar-refractivity contribution < 1.29 is 33.6 Å². The van der Waals surface area contributed by atoms with Gasteiger partial charge < -0.3 is 24.1 Å². The summed E-state index contributed by atoms with van der Waals surface area (Å²) < 4.78 is 23.4. The number of carbonyl (C=O) groups is 2. The Bertz CT molecular complexity index is 1850. The Morgan fingerprint density at radius 1 is 0.896 bits per heavy atom. The average Bonchev–Trinajstić information content (AvgIpc) is 3.38. The van der Waals surface area contributed by atoms with Crippen LogP contribution in [0.5, 0.6) is 17.2 Å². The SMILES string of the molecule is COc1cc(C(=O)O)ccc1OCCCN1C(=O)C(=Cc2cc(-c3ccc4ccccc4c3)ccc2OCCN2CCOCC2)SC1=S. The average molecular weight is 685 g/mol. The van der Waals surface area contributed by atoms with Gasteiger partial charge in [0.2, 0.25) is 0 Å². The molecule has 1 N–H and O–H groups in total. The van der Waals surface area contributed by atoms with Crippen LogP contribution in [0.15, 0.2) is 83.8 Å². The van der Waals surface area contributed by atoms with E-state index in [0.717, 1.165) is 54.9 Å². The molecule has 11 heteroatoms. The Kier molecular flexibility index (Phi) is 10.9. The quantitative estimate of drug-likeness (QED) is 0.0944. The van der Waals surface area contributed by atoms with E-state index < -0.39 is 5.97 Å². The van der Waals surface area contributed by atoms with Crippen molar-refractivity contribution in [2.75, 3.05) is 59.7 Å². The van der Waals surface area contributed by atoms with Crippen molar-refractivity contribution in [2.24, 2.45) is 0 Å². The standard InChI is InChI=1S/C37H36N2O7S2/c1-43-33-23-29(36(41)42)10-12-32(33)45-17-4-13-39-35(40)34(48-37(39)47)24-30-22-28(27-8-7-25-5-2-3-6-26(25)21-27)9-11-31(30)46-20-16-38-14-18-44-19-15-38/h2-3,5-12,21-24H,4,13-20H2,1H3,(H,41,42). The minimum absolute atomic E-state index is 0.108. The first-order valence-electron chi connectivity index (χ1n) is 15.8. The first kappa shape index (κ1) is 33.5. The molecule has 0 spiro atoms. The Hall–Kier alpha value is -4.42. The summed E-state index contributed by atoms with van der Waals surface area (Å²) >= 11 is 6.89. The third-order valence-corrected chi connectivity index (χ3v) is 9.59. The number of benzene rings is 4. The number of hydrogen-bond acceptors (Lipinski definition) is 9. The predicted octanol–water partition coefficient (Wildman–Crippen LogP) is 6.59. The van der Waals surface area contributed by atoms with E-state index in [4.69, 9.17) is 31.2 Å². The van der Waals surface area contributed by atoms with Crippen molar-refractivity contribution in [2.45, 2.75) is 6.42 Å². The summed E-state index contributed by atoms with van der Waals surface area (Å²) in [6.45, 7) is 5.19. The van der Waals surface area contributed by atoms with Crippen LogP contribution in [0.3, 0.4) is 0 Å². The number of nitrogens with zero attached hydrogens (tertiary/aromatic N) is 2. The molecule has 248 valence electrons. The van der Waals surface area contributed by atoms with Gasteiger partial charge in [-0.05, 0) is 70.8 Å². The van der Waals surface area contributed by atoms with Gasteiger partial charge in [0.15, 0.2) is 11.5 Å². The fourth-order valence-electron chi connectivity index (χ4n) is 5.61. The van der Waals surface area contributed by atoms with E-state index >= 15 is 0 Å². The summed E-state index contributed by atoms with van der Waals surface area (Å²) in [5.74, 6) is 0.255. The lowest BCUT2D eigenvalue weighted by Gasteiger charge is -2.26. The van der Waals surface area contributed by atoms with Crippen LogP contribution in [0.4, 0.5) is 0 Å². The highest BCUT2D eigenvalue weighted by Gasteiger charge is 2.32. The largest absolute Gasteiger partial charge is 0.493 e. The molecule has 0 atom stereocenters. The molecule has 0 unspecified atom stereocenters. The summed E-state index contributed by atoms with van der Waals surface area (Å²) in [5, 5.41) is 11.6. The zero-order valence-corrected chi connectivity index (χ0v) is 28.2. The first-order valence-corrected chi connectivity index (χ1v) is 17.0. The number of carboxylic acids is 1. The third-order valence-electron chi connectivity index (χ3n) is 8.22. The van der Waals surface area contributed by atoms with Gasteiger partial charge in [0.05, 0.1) is 37.4 Å². The maximum Gasteiger partial charge on any atom is 0.335 e. The molecule has 4 aromatic rings. The normalized spacial score (nSPS) is 16.1. The van der Waals surface area contributed by atoms with Crippen LogP contribution in [-0.4, -0.2) is 90.8 Å². The Morgan fingerprint density at radius 3 is 2.42 bits per heavy atom. The molecule has 2 fully saturated rings. The van der Waals surface area contributed by atoms with Gasteiger partial charge in [-0.3, -0.25) is 14.6 Å². The second-order valence-electron chi connectivity index (χ2n) is 11.3. The molecule has 4 aromatic carbocycles. The molecule has 9 nitrogen and oxygen atoms in total. The lowest BCUT2D eigenvalue weighted by Crippen LogP contribution is -2.38. The van der Waals surface area contributed by atoms with Crippen LogP contribution in [0.1, 0.15) is 22.3 Å². The molecule has 2 aliphatic heterocycles. The van der Waals surface area contributed by atoms with Gasteiger partial charge in [0.1, 0.15) is 16.7 Å². The zero-order chi connectivity index (χ0) is 33.5. The number of thiocarbonyl (C=S) groups is 1. The highest BCUT2D eigenvalue weighted by Crippen LogP contribution is 2.36. The van der Waals surface area contributed by atoms with Crippen molar-refractivity contribution in [1.82, 2.24) is 9.80 Å². The monoisotopic (exact) mass is 684 g/mol. The van der Waals surface area contributed by atoms with Gasteiger partial charge in [-0.2, -0.15) is 0 Å². The number of carbonyl (C=O) groups excluding carboxylic acids is 1. The molecule has 0 aliphatic carbocycles. The van der Waals surface area contributed by atoms with Crippen LogP contribution < -0.4 is 14.2 Å². The fraction of sp³-hybridized carbons (Fsp3) is 0.270. The van der Waals surface area contributed by atoms with Crippen LogP contribution in [0.25, 0.3) is 28.0 Å². The number of methoxy groups -OCH3 is 1. The minimum Gasteiger partial charge on any atom is -0.493 e. The van der Waals surface area contributed by atoms with E-state index in [2.05, 4.69) is 47.4 Å². The van der Waals surface area contributed by atoms with Gasteiger partial charge >= 0.3 is 5.97 Å². The number of rotatable bonds is 13. The van der Waals surface area contributed by atoms with Crippen LogP contribution in [0.2, 0.25) is 0 Å². The molecule has 48 heavy (non-hydrogen) atoms. The van der Waals surface area contributed by atoms with Crippen molar-refractivity contribution in [3.63, 3.8) is 0 Å².